The summed E-state index contributed by atoms with van der Waals surface area (Å²) < 4.78 is 13.6. The molecule has 1 aromatic carbocycles. The Kier molecular flexibility index (Phi) is 3.07. The third kappa shape index (κ3) is 2.01. The first-order valence-corrected chi connectivity index (χ1v) is 6.54. The van der Waals surface area contributed by atoms with Gasteiger partial charge in [0, 0.05) is 18.5 Å². The molecule has 0 aliphatic carbocycles. The van der Waals surface area contributed by atoms with Crippen LogP contribution in [0.2, 0.25) is 0 Å². The molecule has 2 unspecified atom stereocenters. The summed E-state index contributed by atoms with van der Waals surface area (Å²) in [5.74, 6) is -1.06. The standard InChI is InChI=1S/C14H15FN2O3/c1-7-4-8-6-17(14(20)9(8)5-10(7)15)11-2-3-12(18)16-13(11)19/h4-5,11,14,20H,2-3,6H2,1H3,(H,16,18,19). The molecule has 2 aliphatic heterocycles. The number of aliphatic hydroxyl groups is 1. The summed E-state index contributed by atoms with van der Waals surface area (Å²) in [6.45, 7) is 2.04. The van der Waals surface area contributed by atoms with Crippen molar-refractivity contribution in [3.8, 4) is 0 Å². The van der Waals surface area contributed by atoms with Crippen molar-refractivity contribution in [1.29, 1.82) is 0 Å². The summed E-state index contributed by atoms with van der Waals surface area (Å²) in [6.07, 6.45) is -0.385. The van der Waals surface area contributed by atoms with E-state index in [0.717, 1.165) is 5.56 Å². The van der Waals surface area contributed by atoms with Crippen molar-refractivity contribution in [1.82, 2.24) is 10.2 Å². The van der Waals surface area contributed by atoms with Crippen LogP contribution in [0.5, 0.6) is 0 Å². The molecule has 2 N–H and O–H groups in total. The van der Waals surface area contributed by atoms with Crippen LogP contribution in [-0.2, 0) is 16.1 Å². The molecule has 20 heavy (non-hydrogen) atoms. The quantitative estimate of drug-likeness (QED) is 0.744. The van der Waals surface area contributed by atoms with E-state index in [1.54, 1.807) is 17.9 Å². The second-order valence-corrected chi connectivity index (χ2v) is 5.31. The molecule has 0 bridgehead atoms. The molecule has 1 aromatic rings. The number of carbonyl (C=O) groups is 2. The SMILES string of the molecule is Cc1cc2c(cc1F)C(O)N(C1CCC(=O)NC1=O)C2. The molecule has 2 atom stereocenters. The highest BCUT2D eigenvalue weighted by Gasteiger charge is 2.39. The smallest absolute Gasteiger partial charge is 0.244 e. The van der Waals surface area contributed by atoms with E-state index in [4.69, 9.17) is 0 Å². The molecule has 3 rings (SSSR count). The summed E-state index contributed by atoms with van der Waals surface area (Å²) in [5, 5.41) is 12.6. The molecule has 1 saturated heterocycles. The molecule has 2 aliphatic rings. The van der Waals surface area contributed by atoms with Crippen molar-refractivity contribution in [2.45, 2.75) is 38.6 Å². The van der Waals surface area contributed by atoms with E-state index in [1.807, 2.05) is 0 Å². The van der Waals surface area contributed by atoms with Gasteiger partial charge in [0.25, 0.3) is 0 Å². The molecule has 2 amide bonds. The second-order valence-electron chi connectivity index (χ2n) is 5.31. The second kappa shape index (κ2) is 4.64. The largest absolute Gasteiger partial charge is 0.374 e. The van der Waals surface area contributed by atoms with Crippen LogP contribution in [0.4, 0.5) is 4.39 Å². The lowest BCUT2D eigenvalue weighted by Crippen LogP contribution is -2.51. The van der Waals surface area contributed by atoms with Gasteiger partial charge in [-0.15, -0.1) is 0 Å². The maximum absolute atomic E-state index is 13.6. The molecule has 0 saturated carbocycles. The molecule has 5 nitrogen and oxygen atoms in total. The average Bonchev–Trinajstić information content (AvgIpc) is 2.68. The van der Waals surface area contributed by atoms with Gasteiger partial charge in [-0.1, -0.05) is 6.07 Å². The van der Waals surface area contributed by atoms with Crippen molar-refractivity contribution in [3.63, 3.8) is 0 Å². The predicted octanol–water partition coefficient (Wildman–Crippen LogP) is 0.746. The van der Waals surface area contributed by atoms with Gasteiger partial charge in [0.1, 0.15) is 12.0 Å². The van der Waals surface area contributed by atoms with Crippen molar-refractivity contribution < 1.29 is 19.1 Å². The van der Waals surface area contributed by atoms with Gasteiger partial charge in [-0.2, -0.15) is 0 Å². The highest BCUT2D eigenvalue weighted by atomic mass is 19.1. The van der Waals surface area contributed by atoms with E-state index in [9.17, 15) is 19.1 Å². The van der Waals surface area contributed by atoms with Crippen LogP contribution in [0.1, 0.15) is 35.8 Å². The van der Waals surface area contributed by atoms with Gasteiger partial charge in [-0.3, -0.25) is 19.8 Å². The number of amides is 2. The Bertz CT molecular complexity index is 602. The summed E-state index contributed by atoms with van der Waals surface area (Å²) in [5.41, 5.74) is 1.83. The van der Waals surface area contributed by atoms with Crippen LogP contribution in [0.3, 0.4) is 0 Å². The van der Waals surface area contributed by atoms with E-state index in [-0.39, 0.29) is 18.1 Å². The summed E-state index contributed by atoms with van der Waals surface area (Å²) >= 11 is 0. The van der Waals surface area contributed by atoms with Crippen LogP contribution in [0, 0.1) is 12.7 Å². The van der Waals surface area contributed by atoms with E-state index in [1.165, 1.54) is 6.07 Å². The normalized spacial score (nSPS) is 26.6. The van der Waals surface area contributed by atoms with Crippen LogP contribution < -0.4 is 5.32 Å². The minimum absolute atomic E-state index is 0.253. The summed E-state index contributed by atoms with van der Waals surface area (Å²) in [4.78, 5) is 24.6. The third-order valence-electron chi connectivity index (χ3n) is 3.98. The highest BCUT2D eigenvalue weighted by Crippen LogP contribution is 2.36. The van der Waals surface area contributed by atoms with E-state index >= 15 is 0 Å². The van der Waals surface area contributed by atoms with E-state index in [2.05, 4.69) is 5.32 Å². The maximum Gasteiger partial charge on any atom is 0.244 e. The molecule has 106 valence electrons. The third-order valence-corrected chi connectivity index (χ3v) is 3.98. The Morgan fingerprint density at radius 3 is 2.85 bits per heavy atom. The zero-order valence-electron chi connectivity index (χ0n) is 11.0. The van der Waals surface area contributed by atoms with E-state index < -0.39 is 18.2 Å². The summed E-state index contributed by atoms with van der Waals surface area (Å²) in [6, 6.07) is 2.46. The van der Waals surface area contributed by atoms with Crippen LogP contribution in [0.25, 0.3) is 0 Å². The first-order valence-electron chi connectivity index (χ1n) is 6.54. The van der Waals surface area contributed by atoms with Crippen LogP contribution in [-0.4, -0.2) is 27.9 Å². The number of carbonyl (C=O) groups excluding carboxylic acids is 2. The number of piperidine rings is 1. The number of nitrogens with one attached hydrogen (secondary N) is 1. The molecule has 2 heterocycles. The fraction of sp³-hybridized carbons (Fsp3) is 0.429. The fourth-order valence-corrected chi connectivity index (χ4v) is 2.87. The Morgan fingerprint density at radius 1 is 1.40 bits per heavy atom. The first kappa shape index (κ1) is 13.2. The number of imide groups is 1. The molecule has 0 radical (unpaired) electrons. The topological polar surface area (TPSA) is 69.6 Å². The minimum Gasteiger partial charge on any atom is -0.374 e. The Balaban J connectivity index is 1.88. The van der Waals surface area contributed by atoms with Crippen LogP contribution in [0.15, 0.2) is 12.1 Å². The van der Waals surface area contributed by atoms with Gasteiger partial charge >= 0.3 is 0 Å². The van der Waals surface area contributed by atoms with Gasteiger partial charge in [0.15, 0.2) is 0 Å². The van der Waals surface area contributed by atoms with E-state index in [0.29, 0.717) is 24.1 Å². The van der Waals surface area contributed by atoms with Gasteiger partial charge in [0.05, 0.1) is 6.04 Å². The van der Waals surface area contributed by atoms with Crippen molar-refractivity contribution in [2.75, 3.05) is 0 Å². The molecule has 6 heteroatoms. The van der Waals surface area contributed by atoms with Gasteiger partial charge in [0.2, 0.25) is 11.8 Å². The molecule has 0 spiro atoms. The number of hydrogen-bond donors (Lipinski definition) is 2. The minimum atomic E-state index is -1.01. The fourth-order valence-electron chi connectivity index (χ4n) is 2.87. The number of rotatable bonds is 1. The molecule has 0 aromatic heterocycles. The number of aliphatic hydroxyl groups excluding tert-OH is 1. The van der Waals surface area contributed by atoms with Gasteiger partial charge in [-0.05, 0) is 30.5 Å². The highest BCUT2D eigenvalue weighted by molar-refractivity contribution is 6.00. The Hall–Kier alpha value is -1.79. The number of nitrogens with zero attached hydrogens (tertiary/aromatic N) is 1. The lowest BCUT2D eigenvalue weighted by Gasteiger charge is -2.31. The zero-order valence-corrected chi connectivity index (χ0v) is 11.0. The first-order chi connectivity index (χ1) is 9.47. The van der Waals surface area contributed by atoms with Crippen molar-refractivity contribution in [3.05, 3.63) is 34.6 Å². The number of aryl methyl sites for hydroxylation is 1. The zero-order chi connectivity index (χ0) is 14.4. The number of benzene rings is 1. The Morgan fingerprint density at radius 2 is 2.15 bits per heavy atom. The van der Waals surface area contributed by atoms with Gasteiger partial charge in [-0.25, -0.2) is 4.39 Å². The monoisotopic (exact) mass is 278 g/mol. The lowest BCUT2D eigenvalue weighted by atomic mass is 10.0. The maximum atomic E-state index is 13.6. The molecular weight excluding hydrogens is 263 g/mol. The van der Waals surface area contributed by atoms with Crippen molar-refractivity contribution >= 4 is 11.8 Å². The molecular formula is C14H15FN2O3. The average molecular weight is 278 g/mol. The summed E-state index contributed by atoms with van der Waals surface area (Å²) in [7, 11) is 0. The number of fused-ring (bicyclic) bond motifs is 1. The predicted molar refractivity (Wildman–Crippen MR) is 67.8 cm³/mol. The lowest BCUT2D eigenvalue weighted by molar-refractivity contribution is -0.141. The number of hydrogen-bond acceptors (Lipinski definition) is 4. The molecule has 1 fully saturated rings. The van der Waals surface area contributed by atoms with Crippen LogP contribution >= 0.6 is 0 Å². The Labute approximate surface area is 115 Å². The number of halogens is 1. The van der Waals surface area contributed by atoms with Crippen molar-refractivity contribution in [2.24, 2.45) is 0 Å². The van der Waals surface area contributed by atoms with Gasteiger partial charge < -0.3 is 5.11 Å².